The summed E-state index contributed by atoms with van der Waals surface area (Å²) in [7, 11) is 0. The number of aromatic nitrogens is 2. The van der Waals surface area contributed by atoms with Crippen LogP contribution in [0.15, 0.2) is 79.0 Å². The number of ether oxygens (including phenoxy) is 1. The zero-order chi connectivity index (χ0) is 23.2. The van der Waals surface area contributed by atoms with E-state index in [1.165, 1.54) is 12.8 Å². The van der Waals surface area contributed by atoms with Gasteiger partial charge in [0, 0.05) is 41.1 Å². The fraction of sp³-hybridized carbons (Fsp3) is 0.222. The normalized spacial score (nSPS) is 13.6. The fourth-order valence-electron chi connectivity index (χ4n) is 4.07. The summed E-state index contributed by atoms with van der Waals surface area (Å²) >= 11 is 0. The summed E-state index contributed by atoms with van der Waals surface area (Å²) in [6.45, 7) is 3.86. The van der Waals surface area contributed by atoms with Gasteiger partial charge in [-0.05, 0) is 74.5 Å². The lowest BCUT2D eigenvalue weighted by molar-refractivity contribution is 0.102. The first-order chi connectivity index (χ1) is 16.7. The molecule has 1 fully saturated rings. The number of hydrogen-bond acceptors (Lipinski definition) is 6. The van der Waals surface area contributed by atoms with E-state index in [0.29, 0.717) is 23.7 Å². The van der Waals surface area contributed by atoms with Crippen molar-refractivity contribution in [3.05, 3.63) is 84.6 Å². The highest BCUT2D eigenvalue weighted by atomic mass is 16.5. The molecule has 0 aliphatic carbocycles. The summed E-state index contributed by atoms with van der Waals surface area (Å²) in [4.78, 5) is 23.9. The molecule has 0 atom stereocenters. The molecule has 1 aliphatic rings. The topological polar surface area (TPSA) is 79.4 Å². The Morgan fingerprint density at radius 1 is 0.912 bits per heavy atom. The molecule has 0 radical (unpaired) electrons. The maximum atomic E-state index is 12.5. The number of rotatable bonds is 8. The molecule has 2 aromatic heterocycles. The molecule has 34 heavy (non-hydrogen) atoms. The number of benzene rings is 2. The minimum atomic E-state index is -0.145. The van der Waals surface area contributed by atoms with Crippen LogP contribution >= 0.6 is 0 Å². The van der Waals surface area contributed by atoms with Crippen LogP contribution in [-0.4, -0.2) is 47.0 Å². The largest absolute Gasteiger partial charge is 0.476 e. The monoisotopic (exact) mass is 453 g/mol. The second-order valence-corrected chi connectivity index (χ2v) is 8.30. The average Bonchev–Trinajstić information content (AvgIpc) is 3.39. The van der Waals surface area contributed by atoms with Crippen LogP contribution in [-0.2, 0) is 0 Å². The Bertz CT molecular complexity index is 1260. The van der Waals surface area contributed by atoms with Crippen LogP contribution in [0.25, 0.3) is 11.0 Å². The first kappa shape index (κ1) is 21.9. The number of nitrogens with one attached hydrogen (secondary N) is 2. The molecule has 1 amide bonds. The minimum absolute atomic E-state index is 0.145. The van der Waals surface area contributed by atoms with Crippen molar-refractivity contribution in [2.75, 3.05) is 36.9 Å². The molecule has 0 bridgehead atoms. The first-order valence-electron chi connectivity index (χ1n) is 11.6. The maximum Gasteiger partial charge on any atom is 0.255 e. The van der Waals surface area contributed by atoms with E-state index in [0.717, 1.165) is 42.1 Å². The molecule has 4 aromatic rings. The number of likely N-dealkylation sites (tertiary alicyclic amines) is 1. The second kappa shape index (κ2) is 10.3. The van der Waals surface area contributed by atoms with Gasteiger partial charge in [0.1, 0.15) is 6.61 Å². The number of hydrogen-bond donors (Lipinski definition) is 2. The number of anilines is 3. The Morgan fingerprint density at radius 2 is 1.71 bits per heavy atom. The molecule has 7 heteroatoms. The van der Waals surface area contributed by atoms with Gasteiger partial charge in [0.15, 0.2) is 5.65 Å². The van der Waals surface area contributed by atoms with Crippen molar-refractivity contribution in [2.24, 2.45) is 0 Å². The van der Waals surface area contributed by atoms with Crippen molar-refractivity contribution >= 4 is 34.0 Å². The lowest BCUT2D eigenvalue weighted by atomic mass is 10.1. The third-order valence-electron chi connectivity index (χ3n) is 5.89. The predicted octanol–water partition coefficient (Wildman–Crippen LogP) is 5.10. The van der Waals surface area contributed by atoms with Gasteiger partial charge < -0.3 is 15.4 Å². The fourth-order valence-corrected chi connectivity index (χ4v) is 4.07. The van der Waals surface area contributed by atoms with Crippen LogP contribution in [0, 0.1) is 0 Å². The molecule has 0 unspecified atom stereocenters. The summed E-state index contributed by atoms with van der Waals surface area (Å²) in [5, 5.41) is 7.20. The predicted molar refractivity (Wildman–Crippen MR) is 135 cm³/mol. The summed E-state index contributed by atoms with van der Waals surface area (Å²) < 4.78 is 5.86. The quantitative estimate of drug-likeness (QED) is 0.386. The van der Waals surface area contributed by atoms with Gasteiger partial charge in [-0.3, -0.25) is 9.69 Å². The number of carbonyl (C=O) groups is 1. The van der Waals surface area contributed by atoms with Crippen molar-refractivity contribution in [1.82, 2.24) is 14.9 Å². The highest BCUT2D eigenvalue weighted by Crippen LogP contribution is 2.26. The summed E-state index contributed by atoms with van der Waals surface area (Å²) in [6, 6.07) is 22.6. The van der Waals surface area contributed by atoms with Crippen molar-refractivity contribution in [3.8, 4) is 5.88 Å². The van der Waals surface area contributed by atoms with E-state index in [9.17, 15) is 4.79 Å². The molecule has 3 heterocycles. The van der Waals surface area contributed by atoms with Crippen LogP contribution in [0.5, 0.6) is 5.88 Å². The highest BCUT2D eigenvalue weighted by molar-refractivity contribution is 6.04. The molecule has 1 aliphatic heterocycles. The van der Waals surface area contributed by atoms with Crippen LogP contribution in [0.4, 0.5) is 17.1 Å². The Balaban J connectivity index is 1.23. The molecule has 5 rings (SSSR count). The van der Waals surface area contributed by atoms with Crippen molar-refractivity contribution < 1.29 is 9.53 Å². The van der Waals surface area contributed by atoms with Crippen LogP contribution in [0.3, 0.4) is 0 Å². The third-order valence-corrected chi connectivity index (χ3v) is 5.89. The molecular formula is C27H27N5O2. The lowest BCUT2D eigenvalue weighted by Crippen LogP contribution is -2.25. The van der Waals surface area contributed by atoms with Gasteiger partial charge in [-0.25, -0.2) is 4.98 Å². The number of fused-ring (bicyclic) bond motifs is 1. The van der Waals surface area contributed by atoms with E-state index in [1.54, 1.807) is 18.3 Å². The number of nitrogens with zero attached hydrogens (tertiary/aromatic N) is 3. The zero-order valence-corrected chi connectivity index (χ0v) is 18.9. The van der Waals surface area contributed by atoms with Gasteiger partial charge in [-0.1, -0.05) is 18.2 Å². The summed E-state index contributed by atoms with van der Waals surface area (Å²) in [5.41, 5.74) is 3.75. The molecule has 7 nitrogen and oxygen atoms in total. The number of pyridine rings is 2. The molecule has 2 aromatic carbocycles. The van der Waals surface area contributed by atoms with E-state index >= 15 is 0 Å². The lowest BCUT2D eigenvalue weighted by Gasteiger charge is -2.15. The SMILES string of the molecule is O=C(Nc1ccccc1)c1ccc(Nc2ccnc3nc(OCCN4CCCC4)ccc23)cc1. The minimum Gasteiger partial charge on any atom is -0.476 e. The van der Waals surface area contributed by atoms with Gasteiger partial charge in [0.05, 0.1) is 5.69 Å². The van der Waals surface area contributed by atoms with Crippen molar-refractivity contribution in [2.45, 2.75) is 12.8 Å². The molecule has 0 spiro atoms. The molecular weight excluding hydrogens is 426 g/mol. The Kier molecular flexibility index (Phi) is 6.63. The van der Waals surface area contributed by atoms with Gasteiger partial charge in [-0.15, -0.1) is 0 Å². The first-order valence-corrected chi connectivity index (χ1v) is 11.6. The third kappa shape index (κ3) is 5.32. The van der Waals surface area contributed by atoms with Gasteiger partial charge in [-0.2, -0.15) is 4.98 Å². The molecule has 172 valence electrons. The van der Waals surface area contributed by atoms with E-state index in [-0.39, 0.29) is 5.91 Å². The van der Waals surface area contributed by atoms with E-state index < -0.39 is 0 Å². The standard InChI is InChI=1S/C27H27N5O2/c33-27(30-21-6-2-1-3-7-21)20-8-10-22(11-9-20)29-24-14-15-28-26-23(24)12-13-25(31-26)34-19-18-32-16-4-5-17-32/h1-3,6-15H,4-5,16-19H2,(H,30,33)(H,28,29,31). The smallest absolute Gasteiger partial charge is 0.255 e. The number of para-hydroxylation sites is 1. The van der Waals surface area contributed by atoms with Gasteiger partial charge >= 0.3 is 0 Å². The van der Waals surface area contributed by atoms with Crippen LogP contribution < -0.4 is 15.4 Å². The molecule has 2 N–H and O–H groups in total. The summed E-state index contributed by atoms with van der Waals surface area (Å²) in [6.07, 6.45) is 4.28. The Labute approximate surface area is 198 Å². The van der Waals surface area contributed by atoms with Crippen LogP contribution in [0.1, 0.15) is 23.2 Å². The van der Waals surface area contributed by atoms with Crippen molar-refractivity contribution in [1.29, 1.82) is 0 Å². The van der Waals surface area contributed by atoms with Crippen molar-refractivity contribution in [3.63, 3.8) is 0 Å². The van der Waals surface area contributed by atoms with E-state index in [2.05, 4.69) is 25.5 Å². The second-order valence-electron chi connectivity index (χ2n) is 8.30. The maximum absolute atomic E-state index is 12.5. The van der Waals surface area contributed by atoms with Gasteiger partial charge in [0.2, 0.25) is 5.88 Å². The van der Waals surface area contributed by atoms with Crippen LogP contribution in [0.2, 0.25) is 0 Å². The molecule has 1 saturated heterocycles. The van der Waals surface area contributed by atoms with Gasteiger partial charge in [0.25, 0.3) is 5.91 Å². The Hall–Kier alpha value is -3.97. The van der Waals surface area contributed by atoms with E-state index in [1.807, 2.05) is 60.7 Å². The average molecular weight is 454 g/mol. The summed E-state index contributed by atoms with van der Waals surface area (Å²) in [5.74, 6) is 0.443. The number of amides is 1. The molecule has 0 saturated carbocycles. The van der Waals surface area contributed by atoms with E-state index in [4.69, 9.17) is 4.74 Å². The Morgan fingerprint density at radius 3 is 2.50 bits per heavy atom. The zero-order valence-electron chi connectivity index (χ0n) is 18.9. The highest BCUT2D eigenvalue weighted by Gasteiger charge is 2.12. The number of carbonyl (C=O) groups excluding carboxylic acids is 1.